The molecule has 2 N–H and O–H groups in total. The highest BCUT2D eigenvalue weighted by Gasteiger charge is 2.29. The lowest BCUT2D eigenvalue weighted by Gasteiger charge is -2.19. The molecule has 1 aliphatic heterocycles. The van der Waals surface area contributed by atoms with E-state index in [1.54, 1.807) is 35.2 Å². The number of benzene rings is 2. The van der Waals surface area contributed by atoms with Gasteiger partial charge in [0.1, 0.15) is 0 Å². The minimum absolute atomic E-state index is 0.0233. The van der Waals surface area contributed by atoms with Crippen LogP contribution in [0.2, 0.25) is 0 Å². The first-order chi connectivity index (χ1) is 14.3. The highest BCUT2D eigenvalue weighted by Crippen LogP contribution is 2.32. The Kier molecular flexibility index (Phi) is 6.92. The molecule has 30 heavy (non-hydrogen) atoms. The van der Waals surface area contributed by atoms with Crippen LogP contribution in [0.15, 0.2) is 47.4 Å². The monoisotopic (exact) mass is 428 g/mol. The molecule has 6 nitrogen and oxygen atoms in total. The van der Waals surface area contributed by atoms with Crippen LogP contribution in [-0.4, -0.2) is 33.5 Å². The molecular formula is C23H28N2O4S. The van der Waals surface area contributed by atoms with Crippen molar-refractivity contribution < 1.29 is 18.9 Å². The molecule has 0 bridgehead atoms. The molecule has 160 valence electrons. The lowest BCUT2D eigenvalue weighted by atomic mass is 10.1. The molecule has 1 heterocycles. The maximum absolute atomic E-state index is 13.0. The molecule has 7 heteroatoms. The topological polar surface area (TPSA) is 98.5 Å². The smallest absolute Gasteiger partial charge is 0.336 e. The first kappa shape index (κ1) is 22.0. The number of hydrogen-bond donors (Lipinski definition) is 2. The van der Waals surface area contributed by atoms with Gasteiger partial charge in [0.2, 0.25) is 0 Å². The fraction of sp³-hybridized carbons (Fsp3) is 0.391. The maximum Gasteiger partial charge on any atom is 0.336 e. The van der Waals surface area contributed by atoms with Gasteiger partial charge in [-0.05, 0) is 48.7 Å². The molecule has 2 aromatic rings. The van der Waals surface area contributed by atoms with E-state index in [0.717, 1.165) is 37.7 Å². The average molecular weight is 429 g/mol. The average Bonchev–Trinajstić information content (AvgIpc) is 3.16. The van der Waals surface area contributed by atoms with Gasteiger partial charge in [-0.2, -0.15) is 0 Å². The van der Waals surface area contributed by atoms with Crippen LogP contribution < -0.4 is 4.90 Å². The molecule has 0 aliphatic carbocycles. The van der Waals surface area contributed by atoms with E-state index in [1.807, 2.05) is 0 Å². The molecule has 0 radical (unpaired) electrons. The van der Waals surface area contributed by atoms with E-state index in [9.17, 15) is 18.9 Å². The van der Waals surface area contributed by atoms with Gasteiger partial charge in [-0.25, -0.2) is 13.8 Å². The molecule has 1 atom stereocenters. The van der Waals surface area contributed by atoms with Crippen LogP contribution in [0, 0.1) is 4.78 Å². The molecule has 1 unspecified atom stereocenters. The third kappa shape index (κ3) is 4.73. The molecule has 0 fully saturated rings. The standard InChI is InChI=1S/C23H28N2O4S/c1-2-3-4-5-8-15-30(24,29)18-11-12-21-17(16-18)13-14-25(21)22(26)19-9-6-7-10-20(19)23(27)28/h6-7,9-12,16,24H,2-5,8,13-15H2,1H3,(H,27,28). The summed E-state index contributed by atoms with van der Waals surface area (Å²) in [6.45, 7) is 2.58. The predicted molar refractivity (Wildman–Crippen MR) is 118 cm³/mol. The van der Waals surface area contributed by atoms with Gasteiger partial charge in [0, 0.05) is 22.9 Å². The van der Waals surface area contributed by atoms with Gasteiger partial charge < -0.3 is 10.0 Å². The van der Waals surface area contributed by atoms with Crippen LogP contribution in [0.1, 0.15) is 65.3 Å². The molecule has 0 saturated heterocycles. The Labute approximate surface area is 177 Å². The van der Waals surface area contributed by atoms with Crippen LogP contribution in [0.25, 0.3) is 0 Å². The van der Waals surface area contributed by atoms with Gasteiger partial charge in [0.05, 0.1) is 20.9 Å². The van der Waals surface area contributed by atoms with E-state index in [1.165, 1.54) is 12.1 Å². The SMILES string of the molecule is CCCCCCCS(=N)(=O)c1ccc2c(c1)CCN2C(=O)c1ccccc1C(=O)O. The number of nitrogens with one attached hydrogen (secondary N) is 1. The number of nitrogens with zero attached hydrogens (tertiary/aromatic N) is 1. The van der Waals surface area contributed by atoms with Crippen molar-refractivity contribution in [2.24, 2.45) is 0 Å². The summed E-state index contributed by atoms with van der Waals surface area (Å²) in [6.07, 6.45) is 5.76. The number of unbranched alkanes of at least 4 members (excludes halogenated alkanes) is 4. The third-order valence-electron chi connectivity index (χ3n) is 5.50. The second-order valence-electron chi connectivity index (χ2n) is 7.64. The van der Waals surface area contributed by atoms with Crippen LogP contribution in [0.3, 0.4) is 0 Å². The van der Waals surface area contributed by atoms with Gasteiger partial charge in [-0.3, -0.25) is 4.79 Å². The van der Waals surface area contributed by atoms with Crippen LogP contribution in [0.5, 0.6) is 0 Å². The molecule has 0 aromatic heterocycles. The minimum Gasteiger partial charge on any atom is -0.478 e. The fourth-order valence-corrected chi connectivity index (χ4v) is 5.29. The predicted octanol–water partition coefficient (Wildman–Crippen LogP) is 4.96. The summed E-state index contributed by atoms with van der Waals surface area (Å²) in [4.78, 5) is 26.6. The Balaban J connectivity index is 1.78. The van der Waals surface area contributed by atoms with Crippen molar-refractivity contribution in [3.05, 3.63) is 59.2 Å². The fourth-order valence-electron chi connectivity index (χ4n) is 3.82. The number of rotatable bonds is 9. The zero-order valence-electron chi connectivity index (χ0n) is 17.2. The molecule has 1 aliphatic rings. The van der Waals surface area contributed by atoms with Crippen LogP contribution in [-0.2, 0) is 16.1 Å². The minimum atomic E-state index is -2.86. The Morgan fingerprint density at radius 2 is 1.77 bits per heavy atom. The number of carbonyl (C=O) groups excluding carboxylic acids is 1. The normalized spacial score (nSPS) is 14.9. The van der Waals surface area contributed by atoms with E-state index in [0.29, 0.717) is 29.3 Å². The van der Waals surface area contributed by atoms with Crippen molar-refractivity contribution in [3.8, 4) is 0 Å². The first-order valence-electron chi connectivity index (χ1n) is 10.4. The summed E-state index contributed by atoms with van der Waals surface area (Å²) in [6, 6.07) is 11.4. The number of carboxylic acid groups (broad SMARTS) is 1. The second-order valence-corrected chi connectivity index (χ2v) is 9.87. The summed E-state index contributed by atoms with van der Waals surface area (Å²) < 4.78 is 21.2. The number of aromatic carboxylic acids is 1. The van der Waals surface area contributed by atoms with Crippen molar-refractivity contribution in [3.63, 3.8) is 0 Å². The summed E-state index contributed by atoms with van der Waals surface area (Å²) in [5, 5.41) is 9.37. The number of amides is 1. The highest BCUT2D eigenvalue weighted by molar-refractivity contribution is 7.92. The largest absolute Gasteiger partial charge is 0.478 e. The molecule has 1 amide bonds. The van der Waals surface area contributed by atoms with Crippen LogP contribution in [0.4, 0.5) is 5.69 Å². The van der Waals surface area contributed by atoms with Crippen molar-refractivity contribution in [1.29, 1.82) is 4.78 Å². The summed E-state index contributed by atoms with van der Waals surface area (Å²) in [5.74, 6) is -1.15. The van der Waals surface area contributed by atoms with E-state index < -0.39 is 15.7 Å². The van der Waals surface area contributed by atoms with Crippen molar-refractivity contribution >= 4 is 27.3 Å². The Hall–Kier alpha value is -2.67. The number of anilines is 1. The van der Waals surface area contributed by atoms with E-state index in [-0.39, 0.29) is 17.0 Å². The zero-order valence-corrected chi connectivity index (χ0v) is 18.0. The third-order valence-corrected chi connectivity index (χ3v) is 7.37. The lowest BCUT2D eigenvalue weighted by molar-refractivity contribution is 0.0692. The summed E-state index contributed by atoms with van der Waals surface area (Å²) >= 11 is 0. The number of carbonyl (C=O) groups is 2. The zero-order chi connectivity index (χ0) is 21.7. The Morgan fingerprint density at radius 1 is 1.07 bits per heavy atom. The number of fused-ring (bicyclic) bond motifs is 1. The second kappa shape index (κ2) is 9.43. The molecule has 2 aromatic carbocycles. The van der Waals surface area contributed by atoms with Gasteiger partial charge in [0.15, 0.2) is 0 Å². The lowest BCUT2D eigenvalue weighted by Crippen LogP contribution is -2.30. The maximum atomic E-state index is 13.0. The molecular weight excluding hydrogens is 400 g/mol. The van der Waals surface area contributed by atoms with Gasteiger partial charge in [-0.15, -0.1) is 0 Å². The Bertz CT molecular complexity index is 1050. The van der Waals surface area contributed by atoms with Crippen LogP contribution >= 0.6 is 0 Å². The number of hydrogen-bond acceptors (Lipinski definition) is 4. The van der Waals surface area contributed by atoms with E-state index in [2.05, 4.69) is 6.92 Å². The van der Waals surface area contributed by atoms with E-state index >= 15 is 0 Å². The highest BCUT2D eigenvalue weighted by atomic mass is 32.2. The van der Waals surface area contributed by atoms with Gasteiger partial charge in [0.25, 0.3) is 5.91 Å². The molecule has 3 rings (SSSR count). The Morgan fingerprint density at radius 3 is 2.47 bits per heavy atom. The van der Waals surface area contributed by atoms with Crippen molar-refractivity contribution in [2.45, 2.75) is 50.3 Å². The number of carboxylic acids is 1. The van der Waals surface area contributed by atoms with Gasteiger partial charge in [-0.1, -0.05) is 44.7 Å². The molecule has 0 spiro atoms. The van der Waals surface area contributed by atoms with Gasteiger partial charge >= 0.3 is 5.97 Å². The summed E-state index contributed by atoms with van der Waals surface area (Å²) in [7, 11) is -2.86. The van der Waals surface area contributed by atoms with E-state index in [4.69, 9.17) is 4.78 Å². The molecule has 0 saturated carbocycles. The summed E-state index contributed by atoms with van der Waals surface area (Å²) in [5.41, 5.74) is 1.70. The quantitative estimate of drug-likeness (QED) is 0.551. The van der Waals surface area contributed by atoms with Crippen molar-refractivity contribution in [1.82, 2.24) is 0 Å². The first-order valence-corrected chi connectivity index (χ1v) is 12.1. The van der Waals surface area contributed by atoms with Crippen molar-refractivity contribution in [2.75, 3.05) is 17.2 Å².